The molecule has 0 aliphatic carbocycles. The normalized spacial score (nSPS) is 12.0. The third kappa shape index (κ3) is 3.77. The lowest BCUT2D eigenvalue weighted by molar-refractivity contribution is -0.121. The molecule has 1 rings (SSSR count). The Hall–Kier alpha value is -1.51. The third-order valence-electron chi connectivity index (χ3n) is 3.05. The van der Waals surface area contributed by atoms with Crippen LogP contribution in [0.15, 0.2) is 24.3 Å². The number of Topliss-reactive ketones (excluding diaryl/α,β-unsaturated/α-hetero) is 1. The van der Waals surface area contributed by atoms with E-state index in [2.05, 4.69) is 0 Å². The molecule has 0 aliphatic rings. The maximum atomic E-state index is 11.8. The summed E-state index contributed by atoms with van der Waals surface area (Å²) in [5, 5.41) is 0. The molecule has 0 heterocycles. The minimum atomic E-state index is 0.128. The molecule has 94 valence electrons. The standard InChI is InChI=1S/C14H21NO2/c1-5-11(2)14(16)10-15(3)12-7-6-8-13(9-12)17-4/h6-9,11H,5,10H2,1-4H3. The third-order valence-corrected chi connectivity index (χ3v) is 3.05. The zero-order valence-electron chi connectivity index (χ0n) is 11.1. The van der Waals surface area contributed by atoms with Crippen LogP contribution in [-0.4, -0.2) is 26.5 Å². The number of benzene rings is 1. The Morgan fingerprint density at radius 2 is 2.18 bits per heavy atom. The van der Waals surface area contributed by atoms with E-state index in [9.17, 15) is 4.79 Å². The van der Waals surface area contributed by atoms with Crippen LogP contribution in [0.5, 0.6) is 5.75 Å². The molecule has 0 fully saturated rings. The average molecular weight is 235 g/mol. The molecule has 0 saturated carbocycles. The molecule has 1 unspecified atom stereocenters. The van der Waals surface area contributed by atoms with Gasteiger partial charge in [-0.2, -0.15) is 0 Å². The SMILES string of the molecule is CCC(C)C(=O)CN(C)c1cccc(OC)c1. The molecule has 3 nitrogen and oxygen atoms in total. The van der Waals surface area contributed by atoms with Crippen molar-refractivity contribution in [3.8, 4) is 5.75 Å². The van der Waals surface area contributed by atoms with E-state index in [-0.39, 0.29) is 11.7 Å². The molecule has 0 aliphatic heterocycles. The van der Waals surface area contributed by atoms with Crippen LogP contribution in [0.2, 0.25) is 0 Å². The quantitative estimate of drug-likeness (QED) is 0.759. The van der Waals surface area contributed by atoms with Gasteiger partial charge in [0.15, 0.2) is 5.78 Å². The monoisotopic (exact) mass is 235 g/mol. The van der Waals surface area contributed by atoms with Gasteiger partial charge in [-0.3, -0.25) is 4.79 Å². The number of anilines is 1. The van der Waals surface area contributed by atoms with Crippen molar-refractivity contribution < 1.29 is 9.53 Å². The lowest BCUT2D eigenvalue weighted by atomic mass is 10.0. The Morgan fingerprint density at radius 1 is 1.47 bits per heavy atom. The van der Waals surface area contributed by atoms with Crippen LogP contribution in [0.1, 0.15) is 20.3 Å². The van der Waals surface area contributed by atoms with Gasteiger partial charge in [0, 0.05) is 24.7 Å². The molecule has 0 saturated heterocycles. The number of rotatable bonds is 6. The molecule has 0 N–H and O–H groups in total. The van der Waals surface area contributed by atoms with Crippen molar-refractivity contribution in [2.45, 2.75) is 20.3 Å². The summed E-state index contributed by atoms with van der Waals surface area (Å²) in [6.45, 7) is 4.46. The van der Waals surface area contributed by atoms with E-state index in [0.717, 1.165) is 17.9 Å². The summed E-state index contributed by atoms with van der Waals surface area (Å²) in [6, 6.07) is 7.74. The summed E-state index contributed by atoms with van der Waals surface area (Å²) in [5.74, 6) is 1.21. The predicted octanol–water partition coefficient (Wildman–Crippen LogP) is 2.75. The van der Waals surface area contributed by atoms with Gasteiger partial charge in [0.2, 0.25) is 0 Å². The van der Waals surface area contributed by atoms with Crippen molar-refractivity contribution in [2.24, 2.45) is 5.92 Å². The van der Waals surface area contributed by atoms with Gasteiger partial charge < -0.3 is 9.64 Å². The molecule has 0 amide bonds. The largest absolute Gasteiger partial charge is 0.497 e. The highest BCUT2D eigenvalue weighted by atomic mass is 16.5. The molecular weight excluding hydrogens is 214 g/mol. The Bertz CT molecular complexity index is 376. The molecular formula is C14H21NO2. The summed E-state index contributed by atoms with van der Waals surface area (Å²) in [4.78, 5) is 13.8. The highest BCUT2D eigenvalue weighted by molar-refractivity contribution is 5.85. The van der Waals surface area contributed by atoms with E-state index in [1.807, 2.05) is 50.1 Å². The van der Waals surface area contributed by atoms with E-state index >= 15 is 0 Å². The van der Waals surface area contributed by atoms with Crippen LogP contribution in [0.3, 0.4) is 0 Å². The van der Waals surface area contributed by atoms with Gasteiger partial charge in [0.1, 0.15) is 5.75 Å². The van der Waals surface area contributed by atoms with E-state index in [1.165, 1.54) is 0 Å². The van der Waals surface area contributed by atoms with Crippen LogP contribution >= 0.6 is 0 Å². The fourth-order valence-electron chi connectivity index (χ4n) is 1.56. The molecule has 0 spiro atoms. The number of hydrogen-bond acceptors (Lipinski definition) is 3. The fraction of sp³-hybridized carbons (Fsp3) is 0.500. The second kappa shape index (κ2) is 6.28. The molecule has 1 atom stereocenters. The van der Waals surface area contributed by atoms with Crippen molar-refractivity contribution in [3.63, 3.8) is 0 Å². The summed E-state index contributed by atoms with van der Waals surface area (Å²) < 4.78 is 5.17. The van der Waals surface area contributed by atoms with Crippen molar-refractivity contribution in [1.82, 2.24) is 0 Å². The van der Waals surface area contributed by atoms with Crippen molar-refractivity contribution in [2.75, 3.05) is 25.6 Å². The summed E-state index contributed by atoms with van der Waals surface area (Å²) >= 11 is 0. The number of hydrogen-bond donors (Lipinski definition) is 0. The minimum absolute atomic E-state index is 0.128. The maximum absolute atomic E-state index is 11.8. The van der Waals surface area contributed by atoms with Crippen molar-refractivity contribution in [3.05, 3.63) is 24.3 Å². The van der Waals surface area contributed by atoms with Gasteiger partial charge in [0.05, 0.1) is 13.7 Å². The Morgan fingerprint density at radius 3 is 2.76 bits per heavy atom. The summed E-state index contributed by atoms with van der Waals surface area (Å²) in [6.07, 6.45) is 0.894. The van der Waals surface area contributed by atoms with Gasteiger partial charge in [-0.15, -0.1) is 0 Å². The number of ketones is 1. The number of likely N-dealkylation sites (N-methyl/N-ethyl adjacent to an activating group) is 1. The zero-order chi connectivity index (χ0) is 12.8. The van der Waals surface area contributed by atoms with Crippen LogP contribution < -0.4 is 9.64 Å². The maximum Gasteiger partial charge on any atom is 0.154 e. The average Bonchev–Trinajstić information content (AvgIpc) is 2.37. The van der Waals surface area contributed by atoms with E-state index in [4.69, 9.17) is 4.74 Å². The van der Waals surface area contributed by atoms with Crippen LogP contribution in [0, 0.1) is 5.92 Å². The molecule has 1 aromatic rings. The molecule has 0 aromatic heterocycles. The fourth-order valence-corrected chi connectivity index (χ4v) is 1.56. The van der Waals surface area contributed by atoms with Gasteiger partial charge in [-0.1, -0.05) is 19.9 Å². The molecule has 0 radical (unpaired) electrons. The minimum Gasteiger partial charge on any atom is -0.497 e. The van der Waals surface area contributed by atoms with Crippen LogP contribution in [-0.2, 0) is 4.79 Å². The summed E-state index contributed by atoms with van der Waals surface area (Å²) in [7, 11) is 3.57. The number of carbonyl (C=O) groups is 1. The van der Waals surface area contributed by atoms with Crippen LogP contribution in [0.25, 0.3) is 0 Å². The Balaban J connectivity index is 2.69. The second-order valence-electron chi connectivity index (χ2n) is 4.33. The number of carbonyl (C=O) groups excluding carboxylic acids is 1. The molecule has 3 heteroatoms. The summed E-state index contributed by atoms with van der Waals surface area (Å²) in [5.41, 5.74) is 1.00. The zero-order valence-corrected chi connectivity index (χ0v) is 11.1. The molecule has 0 bridgehead atoms. The lowest BCUT2D eigenvalue weighted by Crippen LogP contribution is -2.29. The van der Waals surface area contributed by atoms with E-state index in [1.54, 1.807) is 7.11 Å². The van der Waals surface area contributed by atoms with E-state index < -0.39 is 0 Å². The van der Waals surface area contributed by atoms with Crippen molar-refractivity contribution >= 4 is 11.5 Å². The Labute approximate surface area is 103 Å². The lowest BCUT2D eigenvalue weighted by Gasteiger charge is -2.20. The van der Waals surface area contributed by atoms with E-state index in [0.29, 0.717) is 6.54 Å². The van der Waals surface area contributed by atoms with Crippen molar-refractivity contribution in [1.29, 1.82) is 0 Å². The second-order valence-corrected chi connectivity index (χ2v) is 4.33. The van der Waals surface area contributed by atoms with Gasteiger partial charge in [-0.25, -0.2) is 0 Å². The first-order valence-corrected chi connectivity index (χ1v) is 5.96. The first-order chi connectivity index (χ1) is 8.08. The number of methoxy groups -OCH3 is 1. The smallest absolute Gasteiger partial charge is 0.154 e. The Kier molecular flexibility index (Phi) is 5.01. The predicted molar refractivity (Wildman–Crippen MR) is 70.7 cm³/mol. The highest BCUT2D eigenvalue weighted by Gasteiger charge is 2.13. The van der Waals surface area contributed by atoms with Crippen LogP contribution in [0.4, 0.5) is 5.69 Å². The number of ether oxygens (including phenoxy) is 1. The molecule has 17 heavy (non-hydrogen) atoms. The number of nitrogens with zero attached hydrogens (tertiary/aromatic N) is 1. The molecule has 1 aromatic carbocycles. The highest BCUT2D eigenvalue weighted by Crippen LogP contribution is 2.20. The topological polar surface area (TPSA) is 29.5 Å². The van der Waals surface area contributed by atoms with Gasteiger partial charge in [0.25, 0.3) is 0 Å². The van der Waals surface area contributed by atoms with Gasteiger partial charge >= 0.3 is 0 Å². The van der Waals surface area contributed by atoms with Gasteiger partial charge in [-0.05, 0) is 18.6 Å². The first-order valence-electron chi connectivity index (χ1n) is 5.96. The first kappa shape index (κ1) is 13.6.